The van der Waals surface area contributed by atoms with E-state index >= 15 is 0 Å². The van der Waals surface area contributed by atoms with Crippen LogP contribution >= 0.6 is 11.8 Å². The first-order valence-electron chi connectivity index (χ1n) is 10.7. The first-order valence-corrected chi connectivity index (χ1v) is 11.7. The van der Waals surface area contributed by atoms with E-state index in [9.17, 15) is 4.79 Å². The van der Waals surface area contributed by atoms with E-state index in [0.717, 1.165) is 51.9 Å². The highest BCUT2D eigenvalue weighted by Crippen LogP contribution is 2.21. The van der Waals surface area contributed by atoms with Crippen molar-refractivity contribution in [2.24, 2.45) is 0 Å². The third kappa shape index (κ3) is 6.47. The standard InChI is InChI=1S/C25H30N4O2S/c1-5-14-29-23(11-8-15-31-22-10-7-6-9-20(22)4)27-28-25(29)32-17-24(30)26-21-16-18(2)12-13-19(21)3/h5-7,9-10,12-13,16H,1,8,11,14-15,17H2,2-4H3,(H,26,30). The molecule has 1 heterocycles. The fraction of sp³-hybridized carbons (Fsp3) is 0.320. The fourth-order valence-electron chi connectivity index (χ4n) is 3.24. The van der Waals surface area contributed by atoms with Crippen LogP contribution in [0.4, 0.5) is 5.69 Å². The van der Waals surface area contributed by atoms with Crippen LogP contribution in [0, 0.1) is 20.8 Å². The minimum absolute atomic E-state index is 0.0648. The second kappa shape index (κ2) is 11.5. The summed E-state index contributed by atoms with van der Waals surface area (Å²) in [5.74, 6) is 1.98. The molecule has 3 aromatic rings. The molecule has 6 nitrogen and oxygen atoms in total. The maximum Gasteiger partial charge on any atom is 0.234 e. The normalized spacial score (nSPS) is 10.7. The number of nitrogens with one attached hydrogen (secondary N) is 1. The van der Waals surface area contributed by atoms with Gasteiger partial charge in [-0.15, -0.1) is 16.8 Å². The number of aryl methyl sites for hydroxylation is 4. The summed E-state index contributed by atoms with van der Waals surface area (Å²) in [7, 11) is 0. The molecule has 168 valence electrons. The summed E-state index contributed by atoms with van der Waals surface area (Å²) in [5, 5.41) is 12.4. The Labute approximate surface area is 194 Å². The summed E-state index contributed by atoms with van der Waals surface area (Å²) in [4.78, 5) is 12.5. The van der Waals surface area contributed by atoms with Crippen molar-refractivity contribution in [3.8, 4) is 5.75 Å². The molecule has 0 radical (unpaired) electrons. The van der Waals surface area contributed by atoms with Gasteiger partial charge >= 0.3 is 0 Å². The highest BCUT2D eigenvalue weighted by atomic mass is 32.2. The average molecular weight is 451 g/mol. The van der Waals surface area contributed by atoms with Crippen molar-refractivity contribution in [2.75, 3.05) is 17.7 Å². The minimum Gasteiger partial charge on any atom is -0.493 e. The van der Waals surface area contributed by atoms with Crippen molar-refractivity contribution in [1.82, 2.24) is 14.8 Å². The lowest BCUT2D eigenvalue weighted by Crippen LogP contribution is -2.15. The summed E-state index contributed by atoms with van der Waals surface area (Å²) < 4.78 is 7.89. The largest absolute Gasteiger partial charge is 0.493 e. The number of aromatic nitrogens is 3. The van der Waals surface area contributed by atoms with E-state index in [4.69, 9.17) is 4.74 Å². The van der Waals surface area contributed by atoms with Gasteiger partial charge in [0.15, 0.2) is 5.16 Å². The molecule has 0 atom stereocenters. The molecule has 0 aliphatic heterocycles. The van der Waals surface area contributed by atoms with Gasteiger partial charge in [0.05, 0.1) is 12.4 Å². The monoisotopic (exact) mass is 450 g/mol. The van der Waals surface area contributed by atoms with Gasteiger partial charge in [-0.2, -0.15) is 0 Å². The first kappa shape index (κ1) is 23.6. The van der Waals surface area contributed by atoms with E-state index in [-0.39, 0.29) is 11.7 Å². The summed E-state index contributed by atoms with van der Waals surface area (Å²) >= 11 is 1.38. The van der Waals surface area contributed by atoms with Crippen molar-refractivity contribution >= 4 is 23.4 Å². The molecule has 1 aromatic heterocycles. The minimum atomic E-state index is -0.0648. The molecular weight excluding hydrogens is 420 g/mol. The van der Waals surface area contributed by atoms with Gasteiger partial charge in [0.1, 0.15) is 11.6 Å². The highest BCUT2D eigenvalue weighted by molar-refractivity contribution is 7.99. The lowest BCUT2D eigenvalue weighted by molar-refractivity contribution is -0.113. The lowest BCUT2D eigenvalue weighted by atomic mass is 10.1. The summed E-state index contributed by atoms with van der Waals surface area (Å²) in [5.41, 5.74) is 4.12. The fourth-order valence-corrected chi connectivity index (χ4v) is 4.01. The number of para-hydroxylation sites is 1. The van der Waals surface area contributed by atoms with E-state index in [1.54, 1.807) is 0 Å². The third-order valence-electron chi connectivity index (χ3n) is 5.00. The number of hydrogen-bond acceptors (Lipinski definition) is 5. The number of benzene rings is 2. The maximum atomic E-state index is 12.5. The number of anilines is 1. The van der Waals surface area contributed by atoms with Gasteiger partial charge in [-0.1, -0.05) is 48.2 Å². The molecule has 0 bridgehead atoms. The topological polar surface area (TPSA) is 69.0 Å². The number of carbonyl (C=O) groups excluding carboxylic acids is 1. The lowest BCUT2D eigenvalue weighted by Gasteiger charge is -2.11. The van der Waals surface area contributed by atoms with E-state index in [1.807, 2.05) is 73.9 Å². The molecule has 7 heteroatoms. The Kier molecular flexibility index (Phi) is 8.50. The number of ether oxygens (including phenoxy) is 1. The van der Waals surface area contributed by atoms with Gasteiger partial charge in [-0.05, 0) is 56.0 Å². The van der Waals surface area contributed by atoms with Crippen molar-refractivity contribution in [2.45, 2.75) is 45.3 Å². The number of amides is 1. The highest BCUT2D eigenvalue weighted by Gasteiger charge is 2.14. The average Bonchev–Trinajstić information content (AvgIpc) is 3.15. The third-order valence-corrected chi connectivity index (χ3v) is 5.97. The van der Waals surface area contributed by atoms with Crippen molar-refractivity contribution in [1.29, 1.82) is 0 Å². The van der Waals surface area contributed by atoms with Crippen LogP contribution in [0.1, 0.15) is 28.9 Å². The number of carbonyl (C=O) groups is 1. The van der Waals surface area contributed by atoms with Crippen LogP contribution in [0.25, 0.3) is 0 Å². The van der Waals surface area contributed by atoms with Crippen LogP contribution in [-0.4, -0.2) is 33.0 Å². The van der Waals surface area contributed by atoms with Crippen molar-refractivity contribution < 1.29 is 9.53 Å². The van der Waals surface area contributed by atoms with Gasteiger partial charge in [0, 0.05) is 18.7 Å². The number of nitrogens with zero attached hydrogens (tertiary/aromatic N) is 3. The van der Waals surface area contributed by atoms with Crippen LogP contribution in [0.15, 0.2) is 60.3 Å². The zero-order valence-electron chi connectivity index (χ0n) is 18.9. The van der Waals surface area contributed by atoms with Gasteiger partial charge in [0.25, 0.3) is 0 Å². The van der Waals surface area contributed by atoms with E-state index < -0.39 is 0 Å². The number of thioether (sulfide) groups is 1. The van der Waals surface area contributed by atoms with Crippen LogP contribution in [0.3, 0.4) is 0 Å². The molecule has 1 N–H and O–H groups in total. The number of allylic oxidation sites excluding steroid dienone is 1. The molecule has 0 aliphatic rings. The van der Waals surface area contributed by atoms with Crippen LogP contribution < -0.4 is 10.1 Å². The second-order valence-electron chi connectivity index (χ2n) is 7.67. The number of rotatable bonds is 11. The van der Waals surface area contributed by atoms with E-state index in [1.165, 1.54) is 11.8 Å². The Morgan fingerprint density at radius 2 is 1.97 bits per heavy atom. The van der Waals surface area contributed by atoms with Crippen LogP contribution in [0.5, 0.6) is 5.75 Å². The van der Waals surface area contributed by atoms with Gasteiger partial charge in [-0.25, -0.2) is 0 Å². The Hall–Kier alpha value is -3.06. The molecule has 1 amide bonds. The van der Waals surface area contributed by atoms with E-state index in [0.29, 0.717) is 13.2 Å². The molecule has 0 saturated heterocycles. The molecule has 0 unspecified atom stereocenters. The smallest absolute Gasteiger partial charge is 0.234 e. The molecule has 32 heavy (non-hydrogen) atoms. The summed E-state index contributed by atoms with van der Waals surface area (Å²) in [6.07, 6.45) is 3.38. The van der Waals surface area contributed by atoms with Crippen LogP contribution in [0.2, 0.25) is 0 Å². The molecule has 0 saturated carbocycles. The Balaban J connectivity index is 1.54. The van der Waals surface area contributed by atoms with Gasteiger partial charge in [-0.3, -0.25) is 4.79 Å². The van der Waals surface area contributed by atoms with E-state index in [2.05, 4.69) is 22.1 Å². The predicted octanol–water partition coefficient (Wildman–Crippen LogP) is 5.13. The molecule has 0 fully saturated rings. The maximum absolute atomic E-state index is 12.5. The van der Waals surface area contributed by atoms with Gasteiger partial charge in [0.2, 0.25) is 5.91 Å². The predicted molar refractivity (Wildman–Crippen MR) is 130 cm³/mol. The van der Waals surface area contributed by atoms with Crippen molar-refractivity contribution in [3.05, 3.63) is 77.6 Å². The second-order valence-corrected chi connectivity index (χ2v) is 8.61. The Morgan fingerprint density at radius 3 is 2.75 bits per heavy atom. The van der Waals surface area contributed by atoms with Crippen molar-refractivity contribution in [3.63, 3.8) is 0 Å². The SMILES string of the molecule is C=CCn1c(CCCOc2ccccc2C)nnc1SCC(=O)Nc1cc(C)ccc1C. The Bertz CT molecular complexity index is 1080. The Morgan fingerprint density at radius 1 is 1.16 bits per heavy atom. The quantitative estimate of drug-likeness (QED) is 0.249. The molecule has 0 aliphatic carbocycles. The van der Waals surface area contributed by atoms with Gasteiger partial charge < -0.3 is 14.6 Å². The summed E-state index contributed by atoms with van der Waals surface area (Å²) in [6, 6.07) is 14.0. The molecular formula is C25H30N4O2S. The molecule has 2 aromatic carbocycles. The first-order chi connectivity index (χ1) is 15.5. The zero-order valence-corrected chi connectivity index (χ0v) is 19.7. The summed E-state index contributed by atoms with van der Waals surface area (Å²) in [6.45, 7) is 11.1. The van der Waals surface area contributed by atoms with Crippen LogP contribution in [-0.2, 0) is 17.8 Å². The number of hydrogen-bond donors (Lipinski definition) is 1. The molecule has 0 spiro atoms. The zero-order chi connectivity index (χ0) is 22.9. The molecule has 3 rings (SSSR count).